The van der Waals surface area contributed by atoms with E-state index in [-0.39, 0.29) is 22.3 Å². The van der Waals surface area contributed by atoms with Crippen LogP contribution < -0.4 is 0 Å². The third-order valence-electron chi connectivity index (χ3n) is 4.28. The van der Waals surface area contributed by atoms with Gasteiger partial charge in [-0.2, -0.15) is 0 Å². The van der Waals surface area contributed by atoms with Gasteiger partial charge in [0.05, 0.1) is 0 Å². The van der Waals surface area contributed by atoms with E-state index < -0.39 is 0 Å². The summed E-state index contributed by atoms with van der Waals surface area (Å²) in [6, 6.07) is 11.7. The molecule has 23 heavy (non-hydrogen) atoms. The molecule has 0 saturated heterocycles. The first-order chi connectivity index (χ1) is 10.5. The quantitative estimate of drug-likeness (QED) is 0.791. The molecular weight excluding hydrogens is 284 g/mol. The van der Waals surface area contributed by atoms with Gasteiger partial charge in [0.25, 0.3) is 0 Å². The Kier molecular flexibility index (Phi) is 4.48. The highest BCUT2D eigenvalue weighted by Crippen LogP contribution is 2.32. The number of aromatic hydroxyl groups is 2. The molecule has 0 heterocycles. The Morgan fingerprint density at radius 2 is 1.00 bits per heavy atom. The molecule has 0 radical (unpaired) electrons. The van der Waals surface area contributed by atoms with Crippen LogP contribution in [-0.2, 0) is 17.3 Å². The van der Waals surface area contributed by atoms with Gasteiger partial charge in [0.1, 0.15) is 11.5 Å². The maximum absolute atomic E-state index is 10.3. The summed E-state index contributed by atoms with van der Waals surface area (Å²) in [5.74, 6) is 0.577. The monoisotopic (exact) mass is 312 g/mol. The molecule has 0 aliphatic carbocycles. The Labute approximate surface area is 139 Å². The third-order valence-corrected chi connectivity index (χ3v) is 4.28. The Hall–Kier alpha value is -1.96. The minimum absolute atomic E-state index is 0.00645. The topological polar surface area (TPSA) is 40.5 Å². The number of phenolic OH excluding ortho intramolecular Hbond substituents is 2. The highest BCUT2D eigenvalue weighted by molar-refractivity contribution is 5.46. The molecule has 0 aromatic heterocycles. The van der Waals surface area contributed by atoms with Crippen molar-refractivity contribution in [1.29, 1.82) is 0 Å². The van der Waals surface area contributed by atoms with E-state index >= 15 is 0 Å². The van der Waals surface area contributed by atoms with Crippen molar-refractivity contribution in [2.24, 2.45) is 0 Å². The fourth-order valence-electron chi connectivity index (χ4n) is 2.56. The smallest absolute Gasteiger partial charge is 0.119 e. The third kappa shape index (κ3) is 4.07. The molecule has 0 aliphatic rings. The second kappa shape index (κ2) is 5.92. The van der Waals surface area contributed by atoms with E-state index in [9.17, 15) is 10.2 Å². The van der Waals surface area contributed by atoms with Crippen LogP contribution in [0.4, 0.5) is 0 Å². The lowest BCUT2D eigenvalue weighted by atomic mass is 9.85. The average Bonchev–Trinajstić information content (AvgIpc) is 2.40. The minimum Gasteiger partial charge on any atom is -0.508 e. The Bertz CT molecular complexity index is 639. The maximum Gasteiger partial charge on any atom is 0.119 e. The van der Waals surface area contributed by atoms with E-state index in [1.807, 2.05) is 24.3 Å². The summed E-state index contributed by atoms with van der Waals surface area (Å²) >= 11 is 0. The van der Waals surface area contributed by atoms with Crippen molar-refractivity contribution in [3.05, 3.63) is 58.7 Å². The molecule has 2 aromatic rings. The summed E-state index contributed by atoms with van der Waals surface area (Å²) in [5.41, 5.74) is 3.88. The van der Waals surface area contributed by atoms with Crippen LogP contribution in [0.3, 0.4) is 0 Å². The van der Waals surface area contributed by atoms with Gasteiger partial charge in [0.2, 0.25) is 0 Å². The Balaban J connectivity index is 2.30. The molecule has 2 aromatic carbocycles. The van der Waals surface area contributed by atoms with Crippen molar-refractivity contribution in [3.63, 3.8) is 0 Å². The fourth-order valence-corrected chi connectivity index (χ4v) is 2.56. The zero-order chi connectivity index (χ0) is 17.4. The Morgan fingerprint density at radius 3 is 1.26 bits per heavy atom. The molecule has 2 heteroatoms. The lowest BCUT2D eigenvalue weighted by molar-refractivity contribution is 0.458. The van der Waals surface area contributed by atoms with Crippen molar-refractivity contribution in [3.8, 4) is 11.5 Å². The summed E-state index contributed by atoms with van der Waals surface area (Å²) in [4.78, 5) is 0. The van der Waals surface area contributed by atoms with E-state index in [4.69, 9.17) is 0 Å². The zero-order valence-electron chi connectivity index (χ0n) is 15.1. The van der Waals surface area contributed by atoms with Crippen LogP contribution in [0.15, 0.2) is 36.4 Å². The maximum atomic E-state index is 10.3. The number of rotatable bonds is 2. The lowest BCUT2D eigenvalue weighted by Crippen LogP contribution is -2.11. The summed E-state index contributed by atoms with van der Waals surface area (Å²) in [5, 5.41) is 20.6. The van der Waals surface area contributed by atoms with Crippen molar-refractivity contribution in [1.82, 2.24) is 0 Å². The molecule has 124 valence electrons. The molecule has 0 saturated carbocycles. The SMILES string of the molecule is CC(C)(C)c1ccc(Cc2ccc(C(C)(C)C)cc2O)c(O)c1. The minimum atomic E-state index is 0.00645. The van der Waals surface area contributed by atoms with E-state index in [2.05, 4.69) is 53.7 Å². The second-order valence-corrected chi connectivity index (χ2v) is 8.36. The molecule has 2 nitrogen and oxygen atoms in total. The van der Waals surface area contributed by atoms with Crippen LogP contribution in [0.25, 0.3) is 0 Å². The van der Waals surface area contributed by atoms with E-state index in [0.29, 0.717) is 6.42 Å². The summed E-state index contributed by atoms with van der Waals surface area (Å²) < 4.78 is 0. The van der Waals surface area contributed by atoms with Crippen LogP contribution in [0.2, 0.25) is 0 Å². The summed E-state index contributed by atoms with van der Waals surface area (Å²) in [6.45, 7) is 12.7. The molecule has 0 bridgehead atoms. The van der Waals surface area contributed by atoms with E-state index in [1.54, 1.807) is 0 Å². The summed E-state index contributed by atoms with van der Waals surface area (Å²) in [6.07, 6.45) is 0.520. The van der Waals surface area contributed by atoms with Gasteiger partial charge in [0, 0.05) is 6.42 Å². The average molecular weight is 312 g/mol. The van der Waals surface area contributed by atoms with Crippen LogP contribution in [0.1, 0.15) is 63.8 Å². The van der Waals surface area contributed by atoms with Crippen molar-refractivity contribution in [2.45, 2.75) is 58.8 Å². The van der Waals surface area contributed by atoms with Crippen molar-refractivity contribution >= 4 is 0 Å². The standard InChI is InChI=1S/C21H28O2/c1-20(2,3)16-9-7-14(18(22)12-16)11-15-8-10-17(13-19(15)23)21(4,5)6/h7-10,12-13,22-23H,11H2,1-6H3. The van der Waals surface area contributed by atoms with Gasteiger partial charge in [0.15, 0.2) is 0 Å². The van der Waals surface area contributed by atoms with Gasteiger partial charge in [-0.15, -0.1) is 0 Å². The van der Waals surface area contributed by atoms with E-state index in [1.165, 1.54) is 0 Å². The highest BCUT2D eigenvalue weighted by atomic mass is 16.3. The molecule has 0 unspecified atom stereocenters. The van der Waals surface area contributed by atoms with Crippen molar-refractivity contribution in [2.75, 3.05) is 0 Å². The molecule has 2 N–H and O–H groups in total. The fraction of sp³-hybridized carbons (Fsp3) is 0.429. The lowest BCUT2D eigenvalue weighted by Gasteiger charge is -2.21. The first kappa shape index (κ1) is 17.4. The molecular formula is C21H28O2. The number of phenols is 2. The van der Waals surface area contributed by atoms with Gasteiger partial charge in [-0.1, -0.05) is 65.8 Å². The first-order valence-electron chi connectivity index (χ1n) is 8.13. The number of hydrogen-bond donors (Lipinski definition) is 2. The highest BCUT2D eigenvalue weighted by Gasteiger charge is 2.18. The molecule has 0 fully saturated rings. The largest absolute Gasteiger partial charge is 0.508 e. The first-order valence-corrected chi connectivity index (χ1v) is 8.13. The van der Waals surface area contributed by atoms with Gasteiger partial charge >= 0.3 is 0 Å². The number of hydrogen-bond acceptors (Lipinski definition) is 2. The second-order valence-electron chi connectivity index (χ2n) is 8.36. The molecule has 0 atom stereocenters. The number of benzene rings is 2. The van der Waals surface area contributed by atoms with Gasteiger partial charge < -0.3 is 10.2 Å². The summed E-state index contributed by atoms with van der Waals surface area (Å²) in [7, 11) is 0. The molecule has 0 aliphatic heterocycles. The predicted octanol–water partition coefficient (Wildman–Crippen LogP) is 5.28. The van der Waals surface area contributed by atoms with Gasteiger partial charge in [-0.25, -0.2) is 0 Å². The predicted molar refractivity (Wildman–Crippen MR) is 96.4 cm³/mol. The van der Waals surface area contributed by atoms with Crippen molar-refractivity contribution < 1.29 is 10.2 Å². The van der Waals surface area contributed by atoms with Gasteiger partial charge in [-0.3, -0.25) is 0 Å². The van der Waals surface area contributed by atoms with Crippen LogP contribution in [0.5, 0.6) is 11.5 Å². The Morgan fingerprint density at radius 1 is 0.652 bits per heavy atom. The van der Waals surface area contributed by atoms with Crippen LogP contribution >= 0.6 is 0 Å². The molecule has 0 amide bonds. The van der Waals surface area contributed by atoms with E-state index in [0.717, 1.165) is 22.3 Å². The van der Waals surface area contributed by atoms with Crippen LogP contribution in [0, 0.1) is 0 Å². The molecule has 0 spiro atoms. The van der Waals surface area contributed by atoms with Crippen LogP contribution in [-0.4, -0.2) is 10.2 Å². The molecule has 2 rings (SSSR count). The normalized spacial score (nSPS) is 12.4. The zero-order valence-corrected chi connectivity index (χ0v) is 15.1. The van der Waals surface area contributed by atoms with Gasteiger partial charge in [-0.05, 0) is 45.2 Å².